The van der Waals surface area contributed by atoms with E-state index in [0.717, 1.165) is 18.9 Å². The van der Waals surface area contributed by atoms with Gasteiger partial charge in [-0.05, 0) is 42.7 Å². The fraction of sp³-hybridized carbons (Fsp3) is 0.158. The lowest BCUT2D eigenvalue weighted by Gasteiger charge is -2.14. The molecule has 0 atom stereocenters. The lowest BCUT2D eigenvalue weighted by Crippen LogP contribution is -2.16. The van der Waals surface area contributed by atoms with E-state index in [-0.39, 0.29) is 17.2 Å². The summed E-state index contributed by atoms with van der Waals surface area (Å²) < 4.78 is 21.1. The van der Waals surface area contributed by atoms with Crippen LogP contribution < -0.4 is 15.9 Å². The lowest BCUT2D eigenvalue weighted by atomic mass is 10.0. The van der Waals surface area contributed by atoms with Gasteiger partial charge in [-0.25, -0.2) is 9.18 Å². The number of nitrogens with two attached hydrogens (primary N) is 1. The van der Waals surface area contributed by atoms with Gasteiger partial charge in [0.05, 0.1) is 17.1 Å². The molecule has 26 heavy (non-hydrogen) atoms. The largest absolute Gasteiger partial charge is 0.511 e. The van der Waals surface area contributed by atoms with Crippen molar-refractivity contribution < 1.29 is 19.0 Å². The van der Waals surface area contributed by atoms with Gasteiger partial charge in [-0.2, -0.15) is 0 Å². The SMILES string of the molecule is Nc1ccc(-c2cc3c(cc2F)c(=O)c(OC(=O)O)cn3C2CC2)cc1. The highest BCUT2D eigenvalue weighted by Gasteiger charge is 2.27. The number of hydrogen-bond donors (Lipinski definition) is 2. The van der Waals surface area contributed by atoms with Crippen LogP contribution in [0, 0.1) is 5.82 Å². The molecule has 1 heterocycles. The lowest BCUT2D eigenvalue weighted by molar-refractivity contribution is 0.143. The van der Waals surface area contributed by atoms with Gasteiger partial charge in [-0.1, -0.05) is 12.1 Å². The molecule has 0 unspecified atom stereocenters. The molecule has 0 aliphatic heterocycles. The van der Waals surface area contributed by atoms with E-state index in [1.807, 2.05) is 0 Å². The van der Waals surface area contributed by atoms with Crippen LogP contribution in [0.1, 0.15) is 18.9 Å². The average molecular weight is 354 g/mol. The molecule has 7 heteroatoms. The van der Waals surface area contributed by atoms with Crippen molar-refractivity contribution >= 4 is 22.7 Å². The molecule has 1 fully saturated rings. The minimum absolute atomic E-state index is 0.0901. The number of benzene rings is 2. The van der Waals surface area contributed by atoms with Crippen molar-refractivity contribution in [3.8, 4) is 16.9 Å². The van der Waals surface area contributed by atoms with Crippen molar-refractivity contribution in [2.24, 2.45) is 0 Å². The maximum Gasteiger partial charge on any atom is 0.511 e. The van der Waals surface area contributed by atoms with Crippen molar-refractivity contribution in [1.82, 2.24) is 4.57 Å². The summed E-state index contributed by atoms with van der Waals surface area (Å²) in [5, 5.41) is 8.91. The Labute approximate surface area is 147 Å². The third-order valence-corrected chi connectivity index (χ3v) is 4.45. The Morgan fingerprint density at radius 3 is 2.54 bits per heavy atom. The predicted molar refractivity (Wildman–Crippen MR) is 94.9 cm³/mol. The predicted octanol–water partition coefficient (Wildman–Crippen LogP) is 3.78. The third-order valence-electron chi connectivity index (χ3n) is 4.45. The molecule has 2 aromatic carbocycles. The molecule has 3 aromatic rings. The highest BCUT2D eigenvalue weighted by atomic mass is 19.1. The number of nitrogens with zero attached hydrogens (tertiary/aromatic N) is 1. The van der Waals surface area contributed by atoms with Gasteiger partial charge in [0.1, 0.15) is 5.82 Å². The minimum Gasteiger partial charge on any atom is -0.449 e. The Balaban J connectivity index is 1.97. The summed E-state index contributed by atoms with van der Waals surface area (Å²) in [4.78, 5) is 23.4. The molecule has 0 saturated heterocycles. The first-order valence-electron chi connectivity index (χ1n) is 8.09. The second-order valence-electron chi connectivity index (χ2n) is 6.30. The van der Waals surface area contributed by atoms with Crippen LogP contribution in [-0.2, 0) is 0 Å². The highest BCUT2D eigenvalue weighted by Crippen LogP contribution is 2.39. The van der Waals surface area contributed by atoms with Crippen molar-refractivity contribution in [1.29, 1.82) is 0 Å². The number of halogens is 1. The van der Waals surface area contributed by atoms with Crippen LogP contribution in [0.5, 0.6) is 5.75 Å². The smallest absolute Gasteiger partial charge is 0.449 e. The Morgan fingerprint density at radius 2 is 1.92 bits per heavy atom. The highest BCUT2D eigenvalue weighted by molar-refractivity contribution is 5.86. The molecule has 1 aliphatic rings. The summed E-state index contributed by atoms with van der Waals surface area (Å²) in [5.74, 6) is -0.897. The molecule has 0 bridgehead atoms. The summed E-state index contributed by atoms with van der Waals surface area (Å²) in [6, 6.07) is 9.66. The Bertz CT molecular complexity index is 1090. The van der Waals surface area contributed by atoms with Crippen LogP contribution in [-0.4, -0.2) is 15.8 Å². The van der Waals surface area contributed by atoms with Gasteiger partial charge in [-0.15, -0.1) is 0 Å². The van der Waals surface area contributed by atoms with Gasteiger partial charge in [0, 0.05) is 17.3 Å². The first kappa shape index (κ1) is 16.1. The van der Waals surface area contributed by atoms with E-state index in [4.69, 9.17) is 10.8 Å². The second-order valence-corrected chi connectivity index (χ2v) is 6.30. The van der Waals surface area contributed by atoms with Crippen LogP contribution in [0.2, 0.25) is 0 Å². The van der Waals surface area contributed by atoms with Crippen LogP contribution in [0.15, 0.2) is 47.4 Å². The molecular formula is C19H15FN2O4. The van der Waals surface area contributed by atoms with Crippen LogP contribution in [0.25, 0.3) is 22.0 Å². The summed E-state index contributed by atoms with van der Waals surface area (Å²) in [6.07, 6.45) is 1.61. The van der Waals surface area contributed by atoms with Gasteiger partial charge in [0.2, 0.25) is 5.43 Å². The molecule has 1 saturated carbocycles. The summed E-state index contributed by atoms with van der Waals surface area (Å²) in [5.41, 5.74) is 7.13. The first-order chi connectivity index (χ1) is 12.4. The van der Waals surface area contributed by atoms with Crippen molar-refractivity contribution in [2.75, 3.05) is 5.73 Å². The van der Waals surface area contributed by atoms with E-state index in [2.05, 4.69) is 4.74 Å². The maximum absolute atomic E-state index is 14.7. The number of fused-ring (bicyclic) bond motifs is 1. The number of pyridine rings is 1. The van der Waals surface area contributed by atoms with E-state index in [1.165, 1.54) is 6.20 Å². The van der Waals surface area contributed by atoms with Crippen LogP contribution in [0.4, 0.5) is 14.9 Å². The summed E-state index contributed by atoms with van der Waals surface area (Å²) in [6.45, 7) is 0. The van der Waals surface area contributed by atoms with Gasteiger partial charge in [0.15, 0.2) is 5.75 Å². The van der Waals surface area contributed by atoms with E-state index >= 15 is 0 Å². The molecule has 4 rings (SSSR count). The topological polar surface area (TPSA) is 94.6 Å². The first-order valence-corrected chi connectivity index (χ1v) is 8.09. The molecule has 6 nitrogen and oxygen atoms in total. The van der Waals surface area contributed by atoms with E-state index < -0.39 is 17.4 Å². The second kappa shape index (κ2) is 5.87. The zero-order valence-corrected chi connectivity index (χ0v) is 13.6. The summed E-state index contributed by atoms with van der Waals surface area (Å²) >= 11 is 0. The number of ether oxygens (including phenoxy) is 1. The monoisotopic (exact) mass is 354 g/mol. The Morgan fingerprint density at radius 1 is 1.23 bits per heavy atom. The minimum atomic E-state index is -1.58. The standard InChI is InChI=1S/C19H15FN2O4/c20-15-7-14-16(8-13(15)10-1-3-11(21)4-2-10)22(12-5-6-12)9-17(18(14)23)26-19(24)25/h1-4,7-9,12H,5-6,21H2,(H,24,25). The summed E-state index contributed by atoms with van der Waals surface area (Å²) in [7, 11) is 0. The molecule has 0 radical (unpaired) electrons. The number of aromatic nitrogens is 1. The molecule has 1 aliphatic carbocycles. The number of anilines is 1. The van der Waals surface area contributed by atoms with Crippen LogP contribution in [0.3, 0.4) is 0 Å². The van der Waals surface area contributed by atoms with Crippen molar-refractivity contribution in [3.63, 3.8) is 0 Å². The number of nitrogen functional groups attached to an aromatic ring is 1. The molecule has 0 amide bonds. The number of hydrogen-bond acceptors (Lipinski definition) is 4. The average Bonchev–Trinajstić information content (AvgIpc) is 3.43. The third kappa shape index (κ3) is 2.77. The van der Waals surface area contributed by atoms with Crippen LogP contribution >= 0.6 is 0 Å². The van der Waals surface area contributed by atoms with Crippen molar-refractivity contribution in [2.45, 2.75) is 18.9 Å². The molecule has 132 valence electrons. The quantitative estimate of drug-likeness (QED) is 0.551. The zero-order chi connectivity index (χ0) is 18.4. The number of carbonyl (C=O) groups is 1. The molecule has 3 N–H and O–H groups in total. The number of carboxylic acid groups (broad SMARTS) is 1. The molecule has 1 aromatic heterocycles. The van der Waals surface area contributed by atoms with Crippen molar-refractivity contribution in [3.05, 3.63) is 58.6 Å². The van der Waals surface area contributed by atoms with Gasteiger partial charge >= 0.3 is 6.16 Å². The Kier molecular flexibility index (Phi) is 3.64. The van der Waals surface area contributed by atoms with Gasteiger partial charge in [-0.3, -0.25) is 4.79 Å². The fourth-order valence-corrected chi connectivity index (χ4v) is 3.05. The molecule has 0 spiro atoms. The van der Waals surface area contributed by atoms with Gasteiger partial charge < -0.3 is 20.1 Å². The maximum atomic E-state index is 14.7. The number of rotatable bonds is 3. The fourth-order valence-electron chi connectivity index (χ4n) is 3.05. The van der Waals surface area contributed by atoms with Gasteiger partial charge in [0.25, 0.3) is 0 Å². The normalized spacial score (nSPS) is 13.7. The van der Waals surface area contributed by atoms with E-state index in [9.17, 15) is 14.0 Å². The Hall–Kier alpha value is -3.35. The zero-order valence-electron chi connectivity index (χ0n) is 13.6. The molecular weight excluding hydrogens is 339 g/mol. The van der Waals surface area contributed by atoms with E-state index in [0.29, 0.717) is 22.3 Å². The van der Waals surface area contributed by atoms with E-state index in [1.54, 1.807) is 34.9 Å².